The maximum absolute atomic E-state index is 10.1. The van der Waals surface area contributed by atoms with E-state index < -0.39 is 6.10 Å². The van der Waals surface area contributed by atoms with Gasteiger partial charge in [0.2, 0.25) is 0 Å². The number of nitrogens with two attached hydrogens (primary N) is 1. The Balaban J connectivity index is 0.00000256. The molecular weight excluding hydrogens is 369 g/mol. The molecule has 2 atom stereocenters. The van der Waals surface area contributed by atoms with E-state index >= 15 is 0 Å². The summed E-state index contributed by atoms with van der Waals surface area (Å²) >= 11 is 6.83. The predicted octanol–water partition coefficient (Wildman–Crippen LogP) is 4.04. The van der Waals surface area contributed by atoms with Crippen molar-refractivity contribution in [2.75, 3.05) is 0 Å². The Hall–Kier alpha value is 0.390. The number of aliphatic hydroxyl groups excluding tert-OH is 1. The zero-order chi connectivity index (χ0) is 12.5. The monoisotopic (exact) mass is 385 g/mol. The van der Waals surface area contributed by atoms with Gasteiger partial charge in [-0.3, -0.25) is 0 Å². The Morgan fingerprint density at radius 3 is 2.12 bits per heavy atom. The van der Waals surface area contributed by atoms with Crippen LogP contribution in [0.15, 0.2) is 27.1 Å². The van der Waals surface area contributed by atoms with Crippen LogP contribution in [0.3, 0.4) is 0 Å². The first-order valence-corrected chi connectivity index (χ1v) is 6.70. The van der Waals surface area contributed by atoms with Crippen molar-refractivity contribution in [3.63, 3.8) is 0 Å². The second kappa shape index (κ2) is 6.53. The lowest BCUT2D eigenvalue weighted by Gasteiger charge is -2.31. The van der Waals surface area contributed by atoms with Crippen LogP contribution in [0.25, 0.3) is 0 Å². The highest BCUT2D eigenvalue weighted by atomic mass is 79.9. The number of hydrogen-bond acceptors (Lipinski definition) is 2. The third-order valence-corrected chi connectivity index (χ3v) is 4.44. The lowest BCUT2D eigenvalue weighted by molar-refractivity contribution is 0.0401. The highest BCUT2D eigenvalue weighted by Gasteiger charge is 2.29. The maximum Gasteiger partial charge on any atom is 0.0780 e. The van der Waals surface area contributed by atoms with Gasteiger partial charge in [-0.2, -0.15) is 0 Å². The number of benzene rings is 1. The summed E-state index contributed by atoms with van der Waals surface area (Å²) < 4.78 is 1.93. The second-order valence-electron chi connectivity index (χ2n) is 5.01. The van der Waals surface area contributed by atoms with Gasteiger partial charge >= 0.3 is 0 Å². The average Bonchev–Trinajstić information content (AvgIpc) is 2.18. The first-order valence-electron chi connectivity index (χ1n) is 5.12. The molecule has 1 aromatic carbocycles. The van der Waals surface area contributed by atoms with Crippen molar-refractivity contribution in [1.29, 1.82) is 0 Å². The van der Waals surface area contributed by atoms with Crippen molar-refractivity contribution in [3.8, 4) is 0 Å². The minimum Gasteiger partial charge on any atom is -0.391 e. The number of halogens is 3. The summed E-state index contributed by atoms with van der Waals surface area (Å²) in [5.74, 6) is 0. The number of aliphatic hydroxyl groups is 1. The Labute approximate surface area is 126 Å². The van der Waals surface area contributed by atoms with E-state index in [1.54, 1.807) is 0 Å². The summed E-state index contributed by atoms with van der Waals surface area (Å²) in [6.45, 7) is 5.93. The highest BCUT2D eigenvalue weighted by Crippen LogP contribution is 2.31. The van der Waals surface area contributed by atoms with Crippen molar-refractivity contribution in [3.05, 3.63) is 32.7 Å². The van der Waals surface area contributed by atoms with Crippen molar-refractivity contribution in [2.24, 2.45) is 11.1 Å². The first kappa shape index (κ1) is 17.4. The van der Waals surface area contributed by atoms with Crippen LogP contribution in [0.5, 0.6) is 0 Å². The van der Waals surface area contributed by atoms with Gasteiger partial charge in [0.05, 0.1) is 12.1 Å². The van der Waals surface area contributed by atoms with E-state index in [0.29, 0.717) is 0 Å². The average molecular weight is 388 g/mol. The standard InChI is InChI=1S/C12H17Br2NO.ClH/c1-12(2,3)11(16)10(15)7-4-5-8(13)9(14)6-7;/h4-6,10-11,16H,15H2,1-3H3;1H/t10-,11-;/m0./s1. The van der Waals surface area contributed by atoms with Crippen molar-refractivity contribution < 1.29 is 5.11 Å². The third kappa shape index (κ3) is 4.52. The summed E-state index contributed by atoms with van der Waals surface area (Å²) in [5.41, 5.74) is 6.76. The Morgan fingerprint density at radius 2 is 1.71 bits per heavy atom. The Morgan fingerprint density at radius 1 is 1.18 bits per heavy atom. The molecule has 0 aliphatic heterocycles. The molecule has 0 amide bonds. The van der Waals surface area contributed by atoms with Gasteiger partial charge in [0.15, 0.2) is 0 Å². The fourth-order valence-corrected chi connectivity index (χ4v) is 2.08. The van der Waals surface area contributed by atoms with Crippen LogP contribution in [0.4, 0.5) is 0 Å². The molecule has 0 spiro atoms. The van der Waals surface area contributed by atoms with Gasteiger partial charge in [-0.25, -0.2) is 0 Å². The summed E-state index contributed by atoms with van der Waals surface area (Å²) in [6, 6.07) is 5.41. The predicted molar refractivity (Wildman–Crippen MR) is 81.5 cm³/mol. The summed E-state index contributed by atoms with van der Waals surface area (Å²) in [6.07, 6.45) is -0.569. The molecule has 0 aliphatic rings. The van der Waals surface area contributed by atoms with Crippen LogP contribution in [0, 0.1) is 5.41 Å². The molecule has 1 rings (SSSR count). The van der Waals surface area contributed by atoms with Gasteiger partial charge in [0, 0.05) is 8.95 Å². The minimum absolute atomic E-state index is 0. The fraction of sp³-hybridized carbons (Fsp3) is 0.500. The normalized spacial score (nSPS) is 15.0. The summed E-state index contributed by atoms with van der Waals surface area (Å²) in [7, 11) is 0. The van der Waals surface area contributed by atoms with Crippen molar-refractivity contribution >= 4 is 44.3 Å². The first-order chi connectivity index (χ1) is 7.23. The number of hydrogen-bond donors (Lipinski definition) is 2. The molecule has 0 saturated heterocycles. The summed E-state index contributed by atoms with van der Waals surface area (Å²) in [4.78, 5) is 0. The van der Waals surface area contributed by atoms with Crippen LogP contribution in [-0.2, 0) is 0 Å². The molecule has 3 N–H and O–H groups in total. The molecule has 0 radical (unpaired) electrons. The Kier molecular flexibility index (Phi) is 6.68. The van der Waals surface area contributed by atoms with E-state index in [0.717, 1.165) is 14.5 Å². The molecule has 17 heavy (non-hydrogen) atoms. The van der Waals surface area contributed by atoms with Gasteiger partial charge in [-0.1, -0.05) is 26.8 Å². The van der Waals surface area contributed by atoms with Crippen molar-refractivity contribution in [2.45, 2.75) is 32.9 Å². The molecule has 98 valence electrons. The van der Waals surface area contributed by atoms with Crippen LogP contribution in [-0.4, -0.2) is 11.2 Å². The van der Waals surface area contributed by atoms with Crippen LogP contribution < -0.4 is 5.73 Å². The SMILES string of the molecule is CC(C)(C)[C@@H](O)[C@@H](N)c1ccc(Br)c(Br)c1.Cl. The number of rotatable bonds is 2. The van der Waals surface area contributed by atoms with Crippen LogP contribution in [0.1, 0.15) is 32.4 Å². The van der Waals surface area contributed by atoms with E-state index in [2.05, 4.69) is 31.9 Å². The molecule has 0 aromatic heterocycles. The molecule has 0 unspecified atom stereocenters. The topological polar surface area (TPSA) is 46.2 Å². The molecular formula is C12H18Br2ClNO. The van der Waals surface area contributed by atoms with E-state index in [1.165, 1.54) is 0 Å². The minimum atomic E-state index is -0.569. The molecule has 0 bridgehead atoms. The van der Waals surface area contributed by atoms with E-state index in [1.807, 2.05) is 39.0 Å². The van der Waals surface area contributed by atoms with Gasteiger partial charge in [0.25, 0.3) is 0 Å². The van der Waals surface area contributed by atoms with Gasteiger partial charge < -0.3 is 10.8 Å². The van der Waals surface area contributed by atoms with Gasteiger partial charge in [-0.05, 0) is 55.0 Å². The van der Waals surface area contributed by atoms with Crippen molar-refractivity contribution in [1.82, 2.24) is 0 Å². The van der Waals surface area contributed by atoms with Gasteiger partial charge in [-0.15, -0.1) is 12.4 Å². The largest absolute Gasteiger partial charge is 0.391 e. The Bertz CT molecular complexity index is 379. The van der Waals surface area contributed by atoms with E-state index in [-0.39, 0.29) is 23.9 Å². The maximum atomic E-state index is 10.1. The van der Waals surface area contributed by atoms with E-state index in [4.69, 9.17) is 5.73 Å². The molecule has 0 aliphatic carbocycles. The molecule has 0 heterocycles. The smallest absolute Gasteiger partial charge is 0.0780 e. The fourth-order valence-electron chi connectivity index (χ4n) is 1.44. The van der Waals surface area contributed by atoms with Gasteiger partial charge in [0.1, 0.15) is 0 Å². The highest BCUT2D eigenvalue weighted by molar-refractivity contribution is 9.13. The lowest BCUT2D eigenvalue weighted by Crippen LogP contribution is -2.36. The molecule has 0 fully saturated rings. The quantitative estimate of drug-likeness (QED) is 0.804. The zero-order valence-electron chi connectivity index (χ0n) is 10.1. The van der Waals surface area contributed by atoms with Crippen LogP contribution >= 0.6 is 44.3 Å². The molecule has 0 saturated carbocycles. The molecule has 1 aromatic rings. The van der Waals surface area contributed by atoms with E-state index in [9.17, 15) is 5.11 Å². The third-order valence-electron chi connectivity index (χ3n) is 2.56. The lowest BCUT2D eigenvalue weighted by atomic mass is 9.82. The summed E-state index contributed by atoms with van der Waals surface area (Å²) in [5, 5.41) is 10.1. The zero-order valence-corrected chi connectivity index (χ0v) is 14.1. The molecule has 2 nitrogen and oxygen atoms in total. The molecule has 5 heteroatoms. The second-order valence-corrected chi connectivity index (χ2v) is 6.72. The van der Waals surface area contributed by atoms with Crippen LogP contribution in [0.2, 0.25) is 0 Å².